The molecule has 6 heteroatoms. The predicted octanol–water partition coefficient (Wildman–Crippen LogP) is 4.16. The minimum absolute atomic E-state index is 0.402. The highest BCUT2D eigenvalue weighted by Gasteiger charge is 2.25. The summed E-state index contributed by atoms with van der Waals surface area (Å²) in [6, 6.07) is 0.402. The summed E-state index contributed by atoms with van der Waals surface area (Å²) in [7, 11) is 0. The van der Waals surface area contributed by atoms with Gasteiger partial charge in [0.2, 0.25) is 0 Å². The normalized spacial score (nSPS) is 23.3. The Hall–Kier alpha value is -1.46. The Bertz CT molecular complexity index is 760. The lowest BCUT2D eigenvalue weighted by Crippen LogP contribution is -2.26. The Morgan fingerprint density at radius 3 is 2.54 bits per heavy atom. The molecule has 140 valence electrons. The maximum absolute atomic E-state index is 6.45. The smallest absolute Gasteiger partial charge is 0.129 e. The van der Waals surface area contributed by atoms with Crippen LogP contribution in [-0.4, -0.2) is 25.6 Å². The van der Waals surface area contributed by atoms with Crippen molar-refractivity contribution in [3.05, 3.63) is 29.1 Å². The average Bonchev–Trinajstić information content (AvgIpc) is 3.39. The van der Waals surface area contributed by atoms with E-state index in [-0.39, 0.29) is 0 Å². The minimum Gasteiger partial charge on any atom is -0.328 e. The van der Waals surface area contributed by atoms with Crippen LogP contribution in [0.2, 0.25) is 5.02 Å². The van der Waals surface area contributed by atoms with Gasteiger partial charge in [-0.1, -0.05) is 11.6 Å². The Morgan fingerprint density at radius 1 is 1.08 bits per heavy atom. The molecule has 0 amide bonds. The van der Waals surface area contributed by atoms with E-state index in [4.69, 9.17) is 22.3 Å². The fourth-order valence-electron chi connectivity index (χ4n) is 3.96. The van der Waals surface area contributed by atoms with Crippen LogP contribution in [0.3, 0.4) is 0 Å². The van der Waals surface area contributed by atoms with Gasteiger partial charge in [0.1, 0.15) is 17.3 Å². The molecule has 0 atom stereocenters. The van der Waals surface area contributed by atoms with E-state index in [1.54, 1.807) is 6.20 Å². The number of hydrogen-bond acceptors (Lipinski definition) is 4. The number of nitrogens with zero attached hydrogens (tertiary/aromatic N) is 4. The number of nitrogens with two attached hydrogens (primary N) is 1. The molecule has 0 spiro atoms. The van der Waals surface area contributed by atoms with Crippen LogP contribution in [0.5, 0.6) is 0 Å². The summed E-state index contributed by atoms with van der Waals surface area (Å²) >= 11 is 6.45. The number of aromatic nitrogens is 4. The largest absolute Gasteiger partial charge is 0.328 e. The van der Waals surface area contributed by atoms with Gasteiger partial charge in [-0.3, -0.25) is 0 Å². The van der Waals surface area contributed by atoms with Gasteiger partial charge in [0.25, 0.3) is 0 Å². The Morgan fingerprint density at radius 2 is 1.81 bits per heavy atom. The second kappa shape index (κ2) is 7.65. The zero-order valence-corrected chi connectivity index (χ0v) is 16.3. The molecule has 0 radical (unpaired) electrons. The van der Waals surface area contributed by atoms with Gasteiger partial charge >= 0.3 is 0 Å². The van der Waals surface area contributed by atoms with Gasteiger partial charge in [-0.15, -0.1) is 0 Å². The molecular weight excluding hydrogens is 346 g/mol. The van der Waals surface area contributed by atoms with Crippen LogP contribution in [0.15, 0.2) is 12.4 Å². The minimum atomic E-state index is 0.402. The van der Waals surface area contributed by atoms with E-state index in [9.17, 15) is 0 Å². The molecule has 2 aromatic rings. The first kappa shape index (κ1) is 17.9. The van der Waals surface area contributed by atoms with Crippen molar-refractivity contribution < 1.29 is 0 Å². The molecule has 0 saturated heterocycles. The van der Waals surface area contributed by atoms with Gasteiger partial charge in [0, 0.05) is 25.2 Å². The van der Waals surface area contributed by atoms with E-state index in [2.05, 4.69) is 21.5 Å². The van der Waals surface area contributed by atoms with Crippen LogP contribution < -0.4 is 5.73 Å². The first-order chi connectivity index (χ1) is 12.6. The van der Waals surface area contributed by atoms with Crippen molar-refractivity contribution in [1.29, 1.82) is 0 Å². The van der Waals surface area contributed by atoms with Crippen LogP contribution in [0.25, 0.3) is 11.4 Å². The fraction of sp³-hybridized carbons (Fsp3) is 0.650. The van der Waals surface area contributed by atoms with Gasteiger partial charge in [-0.2, -0.15) is 0 Å². The third kappa shape index (κ3) is 4.09. The van der Waals surface area contributed by atoms with Gasteiger partial charge in [-0.05, 0) is 63.7 Å². The maximum Gasteiger partial charge on any atom is 0.129 e. The SMILES string of the molecule is Cc1ncc(-c2nc(CC[C@H]3CC[C@H](N)CC3)ncc2Cl)n1CC1CC1. The highest BCUT2D eigenvalue weighted by molar-refractivity contribution is 6.32. The summed E-state index contributed by atoms with van der Waals surface area (Å²) < 4.78 is 2.26. The standard InChI is InChI=1S/C20H28ClN5/c1-13-23-11-18(26(13)12-15-2-3-15)20-17(21)10-24-19(25-20)9-6-14-4-7-16(22)8-5-14/h10-11,14-16H,2-9,12,22H2,1H3/t14-,16-. The van der Waals surface area contributed by atoms with Crippen LogP contribution in [-0.2, 0) is 13.0 Å². The first-order valence-corrected chi connectivity index (χ1v) is 10.3. The highest BCUT2D eigenvalue weighted by Crippen LogP contribution is 2.34. The summed E-state index contributed by atoms with van der Waals surface area (Å²) in [5, 5.41) is 0.606. The quantitative estimate of drug-likeness (QED) is 0.825. The molecule has 2 fully saturated rings. The van der Waals surface area contributed by atoms with Crippen LogP contribution in [0.1, 0.15) is 56.6 Å². The summed E-state index contributed by atoms with van der Waals surface area (Å²) in [6.45, 7) is 3.06. The molecule has 2 aliphatic rings. The summed E-state index contributed by atoms with van der Waals surface area (Å²) in [6.07, 6.45) is 13.1. The molecular formula is C20H28ClN5. The second-order valence-corrected chi connectivity index (χ2v) is 8.45. The molecule has 2 aliphatic carbocycles. The van der Waals surface area contributed by atoms with Crippen molar-refractivity contribution >= 4 is 11.6 Å². The van der Waals surface area contributed by atoms with Gasteiger partial charge in [-0.25, -0.2) is 15.0 Å². The van der Waals surface area contributed by atoms with Gasteiger partial charge in [0.15, 0.2) is 0 Å². The third-order valence-corrected chi connectivity index (χ3v) is 6.17. The molecule has 26 heavy (non-hydrogen) atoms. The van der Waals surface area contributed by atoms with Gasteiger partial charge in [0.05, 0.1) is 16.9 Å². The third-order valence-electron chi connectivity index (χ3n) is 5.90. The van der Waals surface area contributed by atoms with Crippen molar-refractivity contribution in [3.8, 4) is 11.4 Å². The topological polar surface area (TPSA) is 69.6 Å². The molecule has 0 aliphatic heterocycles. The Labute approximate surface area is 160 Å². The molecule has 2 aromatic heterocycles. The summed E-state index contributed by atoms with van der Waals surface area (Å²) in [5.41, 5.74) is 7.86. The maximum atomic E-state index is 6.45. The summed E-state index contributed by atoms with van der Waals surface area (Å²) in [5.74, 6) is 3.44. The summed E-state index contributed by atoms with van der Waals surface area (Å²) in [4.78, 5) is 13.8. The first-order valence-electron chi connectivity index (χ1n) is 9.89. The van der Waals surface area contributed by atoms with Crippen LogP contribution >= 0.6 is 11.6 Å². The van der Waals surface area contributed by atoms with E-state index in [1.807, 2.05) is 6.20 Å². The zero-order chi connectivity index (χ0) is 18.1. The number of hydrogen-bond donors (Lipinski definition) is 1. The molecule has 0 aromatic carbocycles. The highest BCUT2D eigenvalue weighted by atomic mass is 35.5. The molecule has 0 bridgehead atoms. The monoisotopic (exact) mass is 373 g/mol. The fourth-order valence-corrected chi connectivity index (χ4v) is 4.15. The molecule has 2 heterocycles. The van der Waals surface area contributed by atoms with Crippen molar-refractivity contribution in [2.45, 2.75) is 70.9 Å². The van der Waals surface area contributed by atoms with E-state index in [0.717, 1.165) is 67.1 Å². The zero-order valence-electron chi connectivity index (χ0n) is 15.5. The lowest BCUT2D eigenvalue weighted by Gasteiger charge is -2.25. The van der Waals surface area contributed by atoms with Crippen molar-refractivity contribution in [1.82, 2.24) is 19.5 Å². The predicted molar refractivity (Wildman–Crippen MR) is 104 cm³/mol. The Kier molecular flexibility index (Phi) is 5.28. The van der Waals surface area contributed by atoms with E-state index >= 15 is 0 Å². The van der Waals surface area contributed by atoms with Crippen molar-refractivity contribution in [3.63, 3.8) is 0 Å². The van der Waals surface area contributed by atoms with Crippen LogP contribution in [0.4, 0.5) is 0 Å². The lowest BCUT2D eigenvalue weighted by molar-refractivity contribution is 0.309. The number of halogens is 1. The molecule has 4 rings (SSSR count). The second-order valence-electron chi connectivity index (χ2n) is 8.05. The lowest BCUT2D eigenvalue weighted by atomic mass is 9.84. The molecule has 0 unspecified atom stereocenters. The Balaban J connectivity index is 1.49. The van der Waals surface area contributed by atoms with E-state index < -0.39 is 0 Å². The van der Waals surface area contributed by atoms with Crippen LogP contribution in [0, 0.1) is 18.8 Å². The van der Waals surface area contributed by atoms with Crippen molar-refractivity contribution in [2.75, 3.05) is 0 Å². The molecule has 2 saturated carbocycles. The molecule has 2 N–H and O–H groups in total. The number of rotatable bonds is 6. The van der Waals surface area contributed by atoms with E-state index in [0.29, 0.717) is 11.1 Å². The van der Waals surface area contributed by atoms with Crippen molar-refractivity contribution in [2.24, 2.45) is 17.6 Å². The number of aryl methyl sites for hydroxylation is 2. The molecule has 5 nitrogen and oxygen atoms in total. The van der Waals surface area contributed by atoms with Gasteiger partial charge < -0.3 is 10.3 Å². The number of imidazole rings is 1. The van der Waals surface area contributed by atoms with E-state index in [1.165, 1.54) is 25.7 Å². The average molecular weight is 374 g/mol.